The van der Waals surface area contributed by atoms with Gasteiger partial charge in [0.2, 0.25) is 6.79 Å². The van der Waals surface area contributed by atoms with Crippen LogP contribution < -0.4 is 9.47 Å². The average molecular weight is 326 g/mol. The number of carbonyl (C=O) groups is 2. The molecule has 124 valence electrons. The number of fused-ring (bicyclic) bond motifs is 1. The van der Waals surface area contributed by atoms with Crippen LogP contribution in [-0.4, -0.2) is 25.2 Å². The van der Waals surface area contributed by atoms with E-state index >= 15 is 0 Å². The highest BCUT2D eigenvalue weighted by Gasteiger charge is 2.17. The Labute approximate surface area is 140 Å². The van der Waals surface area contributed by atoms with Crippen molar-refractivity contribution in [3.05, 3.63) is 59.2 Å². The molecule has 24 heavy (non-hydrogen) atoms. The Morgan fingerprint density at radius 3 is 2.38 bits per heavy atom. The van der Waals surface area contributed by atoms with Crippen LogP contribution in [0, 0.1) is 0 Å². The lowest BCUT2D eigenvalue weighted by Crippen LogP contribution is -2.14. The summed E-state index contributed by atoms with van der Waals surface area (Å²) in [6, 6.07) is 12.1. The van der Waals surface area contributed by atoms with E-state index < -0.39 is 5.97 Å². The molecule has 0 unspecified atom stereocenters. The highest BCUT2D eigenvalue weighted by atomic mass is 16.7. The van der Waals surface area contributed by atoms with Crippen molar-refractivity contribution >= 4 is 11.8 Å². The second-order valence-electron chi connectivity index (χ2n) is 5.84. The molecule has 2 aromatic rings. The van der Waals surface area contributed by atoms with Crippen LogP contribution in [0.4, 0.5) is 0 Å². The summed E-state index contributed by atoms with van der Waals surface area (Å²) in [6.07, 6.45) is 0. The van der Waals surface area contributed by atoms with E-state index in [2.05, 4.69) is 13.8 Å². The fraction of sp³-hybridized carbons (Fsp3) is 0.263. The van der Waals surface area contributed by atoms with Crippen molar-refractivity contribution in [3.8, 4) is 11.5 Å². The third-order valence-electron chi connectivity index (χ3n) is 3.84. The normalized spacial score (nSPS) is 12.3. The number of ether oxygens (including phenoxy) is 3. The van der Waals surface area contributed by atoms with Crippen molar-refractivity contribution in [1.82, 2.24) is 0 Å². The Morgan fingerprint density at radius 2 is 1.67 bits per heavy atom. The van der Waals surface area contributed by atoms with Crippen molar-refractivity contribution < 1.29 is 23.8 Å². The van der Waals surface area contributed by atoms with Gasteiger partial charge in [0.15, 0.2) is 23.9 Å². The van der Waals surface area contributed by atoms with E-state index in [0.717, 1.165) is 5.56 Å². The molecule has 0 aromatic heterocycles. The van der Waals surface area contributed by atoms with Gasteiger partial charge < -0.3 is 14.2 Å². The Hall–Kier alpha value is -2.82. The predicted molar refractivity (Wildman–Crippen MR) is 87.7 cm³/mol. The lowest BCUT2D eigenvalue weighted by molar-refractivity contribution is 0.0474. The summed E-state index contributed by atoms with van der Waals surface area (Å²) in [5, 5.41) is 0. The molecule has 0 aliphatic carbocycles. The molecule has 0 radical (unpaired) electrons. The standard InChI is InChI=1S/C19H18O5/c1-12(2)13-3-5-14(6-4-13)19(21)22-10-16(20)15-7-8-17-18(9-15)24-11-23-17/h3-9,12H,10-11H2,1-2H3. The zero-order valence-corrected chi connectivity index (χ0v) is 13.6. The first-order chi connectivity index (χ1) is 11.5. The maximum absolute atomic E-state index is 12.2. The lowest BCUT2D eigenvalue weighted by Gasteiger charge is -2.07. The van der Waals surface area contributed by atoms with Crippen LogP contribution in [-0.2, 0) is 4.74 Å². The maximum atomic E-state index is 12.2. The number of rotatable bonds is 5. The third kappa shape index (κ3) is 3.40. The summed E-state index contributed by atoms with van der Waals surface area (Å²) in [4.78, 5) is 24.2. The molecule has 0 bridgehead atoms. The van der Waals surface area contributed by atoms with Crippen LogP contribution in [0.2, 0.25) is 0 Å². The first kappa shape index (κ1) is 16.1. The number of Topliss-reactive ketones (excluding diaryl/α,β-unsaturated/α-hetero) is 1. The molecule has 0 spiro atoms. The van der Waals surface area contributed by atoms with Gasteiger partial charge in [0, 0.05) is 5.56 Å². The van der Waals surface area contributed by atoms with Gasteiger partial charge in [-0.05, 0) is 41.8 Å². The lowest BCUT2D eigenvalue weighted by atomic mass is 10.0. The molecule has 0 N–H and O–H groups in total. The van der Waals surface area contributed by atoms with Gasteiger partial charge in [-0.25, -0.2) is 4.79 Å². The van der Waals surface area contributed by atoms with Crippen molar-refractivity contribution in [2.75, 3.05) is 13.4 Å². The molecule has 2 aromatic carbocycles. The smallest absolute Gasteiger partial charge is 0.338 e. The van der Waals surface area contributed by atoms with Gasteiger partial charge in [-0.2, -0.15) is 0 Å². The molecular formula is C19H18O5. The summed E-state index contributed by atoms with van der Waals surface area (Å²) in [7, 11) is 0. The van der Waals surface area contributed by atoms with Gasteiger partial charge in [-0.3, -0.25) is 4.79 Å². The second kappa shape index (κ2) is 6.74. The minimum absolute atomic E-state index is 0.147. The largest absolute Gasteiger partial charge is 0.454 e. The summed E-state index contributed by atoms with van der Waals surface area (Å²) in [5.74, 6) is 0.716. The minimum Gasteiger partial charge on any atom is -0.454 e. The predicted octanol–water partition coefficient (Wildman–Crippen LogP) is 3.58. The van der Waals surface area contributed by atoms with E-state index in [9.17, 15) is 9.59 Å². The molecule has 0 atom stereocenters. The third-order valence-corrected chi connectivity index (χ3v) is 3.84. The number of hydrogen-bond acceptors (Lipinski definition) is 5. The van der Waals surface area contributed by atoms with Crippen molar-refractivity contribution in [2.24, 2.45) is 0 Å². The SMILES string of the molecule is CC(C)c1ccc(C(=O)OCC(=O)c2ccc3c(c2)OCO3)cc1. The molecular weight excluding hydrogens is 308 g/mol. The van der Waals surface area contributed by atoms with Gasteiger partial charge >= 0.3 is 5.97 Å². The fourth-order valence-corrected chi connectivity index (χ4v) is 2.37. The van der Waals surface area contributed by atoms with Crippen LogP contribution in [0.5, 0.6) is 11.5 Å². The quantitative estimate of drug-likeness (QED) is 0.621. The molecule has 0 saturated carbocycles. The first-order valence-corrected chi connectivity index (χ1v) is 7.74. The summed E-state index contributed by atoms with van der Waals surface area (Å²) >= 11 is 0. The molecule has 1 heterocycles. The van der Waals surface area contributed by atoms with Crippen LogP contribution in [0.3, 0.4) is 0 Å². The molecule has 0 amide bonds. The van der Waals surface area contributed by atoms with Crippen molar-refractivity contribution in [1.29, 1.82) is 0 Å². The highest BCUT2D eigenvalue weighted by Crippen LogP contribution is 2.32. The van der Waals surface area contributed by atoms with Gasteiger partial charge in [-0.15, -0.1) is 0 Å². The van der Waals surface area contributed by atoms with Gasteiger partial charge in [0.1, 0.15) is 0 Å². The van der Waals surface area contributed by atoms with Crippen LogP contribution in [0.1, 0.15) is 46.0 Å². The molecule has 3 rings (SSSR count). The number of carbonyl (C=O) groups excluding carboxylic acids is 2. The summed E-state index contributed by atoms with van der Waals surface area (Å²) in [5.41, 5.74) is 1.99. The summed E-state index contributed by atoms with van der Waals surface area (Å²) < 4.78 is 15.5. The summed E-state index contributed by atoms with van der Waals surface area (Å²) in [6.45, 7) is 3.99. The van der Waals surface area contributed by atoms with E-state index in [1.807, 2.05) is 12.1 Å². The van der Waals surface area contributed by atoms with E-state index in [1.54, 1.807) is 30.3 Å². The van der Waals surface area contributed by atoms with E-state index in [-0.39, 0.29) is 19.2 Å². The average Bonchev–Trinajstić information content (AvgIpc) is 3.07. The first-order valence-electron chi connectivity index (χ1n) is 7.74. The molecule has 1 aliphatic rings. The maximum Gasteiger partial charge on any atom is 0.338 e. The van der Waals surface area contributed by atoms with Crippen LogP contribution in [0.15, 0.2) is 42.5 Å². The minimum atomic E-state index is -0.514. The van der Waals surface area contributed by atoms with E-state index in [0.29, 0.717) is 28.5 Å². The molecule has 5 heteroatoms. The zero-order chi connectivity index (χ0) is 17.1. The Bertz CT molecular complexity index is 762. The fourth-order valence-electron chi connectivity index (χ4n) is 2.37. The van der Waals surface area contributed by atoms with Crippen LogP contribution >= 0.6 is 0 Å². The van der Waals surface area contributed by atoms with Crippen LogP contribution in [0.25, 0.3) is 0 Å². The van der Waals surface area contributed by atoms with Crippen molar-refractivity contribution in [2.45, 2.75) is 19.8 Å². The topological polar surface area (TPSA) is 61.8 Å². The number of esters is 1. The number of benzene rings is 2. The van der Waals surface area contributed by atoms with Gasteiger partial charge in [0.25, 0.3) is 0 Å². The Balaban J connectivity index is 1.60. The van der Waals surface area contributed by atoms with Crippen molar-refractivity contribution in [3.63, 3.8) is 0 Å². The molecule has 0 fully saturated rings. The zero-order valence-electron chi connectivity index (χ0n) is 13.6. The molecule has 0 saturated heterocycles. The Morgan fingerprint density at radius 1 is 1.00 bits per heavy atom. The monoisotopic (exact) mass is 326 g/mol. The van der Waals surface area contributed by atoms with E-state index in [1.165, 1.54) is 0 Å². The second-order valence-corrected chi connectivity index (χ2v) is 5.84. The molecule has 1 aliphatic heterocycles. The molecule has 5 nitrogen and oxygen atoms in total. The Kier molecular flexibility index (Phi) is 4.51. The number of hydrogen-bond donors (Lipinski definition) is 0. The van der Waals surface area contributed by atoms with E-state index in [4.69, 9.17) is 14.2 Å². The van der Waals surface area contributed by atoms with Gasteiger partial charge in [0.05, 0.1) is 5.56 Å². The highest BCUT2D eigenvalue weighted by molar-refractivity contribution is 5.99. The number of ketones is 1. The van der Waals surface area contributed by atoms with Gasteiger partial charge in [-0.1, -0.05) is 26.0 Å².